The summed E-state index contributed by atoms with van der Waals surface area (Å²) in [5.41, 5.74) is 3.25. The van der Waals surface area contributed by atoms with Crippen molar-refractivity contribution in [2.75, 3.05) is 34.4 Å². The van der Waals surface area contributed by atoms with Gasteiger partial charge in [0.15, 0.2) is 0 Å². The molecule has 1 heterocycles. The fourth-order valence-electron chi connectivity index (χ4n) is 9.12. The second-order valence-corrected chi connectivity index (χ2v) is 16.4. The summed E-state index contributed by atoms with van der Waals surface area (Å²) in [6.45, 7) is 13.5. The second-order valence-electron chi connectivity index (χ2n) is 16.4. The summed E-state index contributed by atoms with van der Waals surface area (Å²) in [4.78, 5) is 35.9. The molecule has 10 nitrogen and oxygen atoms in total. The number of amides is 2. The maximum absolute atomic E-state index is 14.2. The highest BCUT2D eigenvalue weighted by molar-refractivity contribution is 5.96. The van der Waals surface area contributed by atoms with Crippen molar-refractivity contribution in [3.8, 4) is 16.9 Å². The number of hydrogen-bond acceptors (Lipinski definition) is 8. The molecule has 3 saturated carbocycles. The number of nitrogens with one attached hydrogen (secondary N) is 2. The van der Waals surface area contributed by atoms with Crippen LogP contribution >= 0.6 is 0 Å². The summed E-state index contributed by atoms with van der Waals surface area (Å²) in [5.74, 6) is 1.60. The van der Waals surface area contributed by atoms with Gasteiger partial charge in [0.2, 0.25) is 5.91 Å². The number of likely N-dealkylation sites (N-methyl/N-ethyl adjacent to an activating group) is 1. The molecule has 2 aromatic rings. The van der Waals surface area contributed by atoms with Crippen LogP contribution in [0.3, 0.4) is 0 Å². The van der Waals surface area contributed by atoms with Crippen LogP contribution in [0.15, 0.2) is 42.5 Å². The molecule has 4 N–H and O–H groups in total. The lowest BCUT2D eigenvalue weighted by Gasteiger charge is -2.62. The Hall–Kier alpha value is -3.02. The third-order valence-electron chi connectivity index (χ3n) is 11.8. The predicted molar refractivity (Wildman–Crippen MR) is 195 cm³/mol. The Morgan fingerprint density at radius 1 is 1.12 bits per heavy atom. The number of para-hydroxylation sites is 1. The van der Waals surface area contributed by atoms with Crippen molar-refractivity contribution < 1.29 is 29.4 Å². The molecule has 4 aliphatic rings. The van der Waals surface area contributed by atoms with Gasteiger partial charge in [-0.2, -0.15) is 5.06 Å². The van der Waals surface area contributed by atoms with Crippen LogP contribution in [0, 0.1) is 35.0 Å². The van der Waals surface area contributed by atoms with Gasteiger partial charge in [-0.3, -0.25) is 14.4 Å². The molecule has 3 aliphatic carbocycles. The van der Waals surface area contributed by atoms with Gasteiger partial charge in [-0.25, -0.2) is 0 Å². The van der Waals surface area contributed by atoms with E-state index < -0.39 is 24.2 Å². The van der Waals surface area contributed by atoms with Crippen molar-refractivity contribution in [3.63, 3.8) is 0 Å². The zero-order valence-electron chi connectivity index (χ0n) is 31.5. The lowest BCUT2D eigenvalue weighted by atomic mass is 9.45. The fraction of sp³-hybridized carbons (Fsp3) is 0.650. The quantitative estimate of drug-likeness (QED) is 0.224. The third kappa shape index (κ3) is 7.89. The number of ether oxygens (including phenoxy) is 1. The number of benzene rings is 2. The summed E-state index contributed by atoms with van der Waals surface area (Å²) in [5, 5.41) is 29.3. The molecule has 4 fully saturated rings. The van der Waals surface area contributed by atoms with Crippen LogP contribution in [0.25, 0.3) is 11.1 Å². The van der Waals surface area contributed by atoms with Crippen LogP contribution in [0.4, 0.5) is 0 Å². The van der Waals surface area contributed by atoms with E-state index in [1.165, 1.54) is 6.42 Å². The van der Waals surface area contributed by atoms with Gasteiger partial charge in [0.05, 0.1) is 26.4 Å². The Labute approximate surface area is 298 Å². The van der Waals surface area contributed by atoms with Gasteiger partial charge in [-0.15, -0.1) is 0 Å². The molecule has 0 radical (unpaired) electrons. The van der Waals surface area contributed by atoms with Crippen LogP contribution in [0.2, 0.25) is 0 Å². The van der Waals surface area contributed by atoms with Crippen molar-refractivity contribution in [2.45, 2.75) is 97.7 Å². The standard InChI is InChI=1S/C40H60N4O6/c1-23(2)16-30(21-43(7)8)41-38(47)27-13-10-12-26(17-27)31-15-11-14-28(37(31)49-9)20-44-36(35(25(4)46)34(22-45)50-44)39(48)42-33-19-29-18-32(24(33)3)40(29,5)6/h10-15,17,23-25,29-30,32-36,45-46H,16,18-22H2,1-9H3,(H,41,47)(H,42,48)/t24-,25-,29-,30-,32+,33-,34-,35+,36-/m0/s1. The zero-order chi connectivity index (χ0) is 36.5. The lowest BCUT2D eigenvalue weighted by Crippen LogP contribution is -2.62. The Balaban J connectivity index is 1.39. The van der Waals surface area contributed by atoms with Gasteiger partial charge in [-0.1, -0.05) is 65.0 Å². The van der Waals surface area contributed by atoms with Gasteiger partial charge >= 0.3 is 0 Å². The lowest BCUT2D eigenvalue weighted by molar-refractivity contribution is -0.183. The van der Waals surface area contributed by atoms with Gasteiger partial charge in [-0.05, 0) is 87.1 Å². The number of aliphatic hydroxyl groups is 2. The van der Waals surface area contributed by atoms with Gasteiger partial charge < -0.3 is 30.5 Å². The normalized spacial score (nSPS) is 28.6. The molecule has 0 unspecified atom stereocenters. The molecule has 2 amide bonds. The van der Waals surface area contributed by atoms with Crippen molar-refractivity contribution in [1.29, 1.82) is 0 Å². The Bertz CT molecular complexity index is 1480. The summed E-state index contributed by atoms with van der Waals surface area (Å²) in [7, 11) is 5.63. The first-order chi connectivity index (χ1) is 23.7. The van der Waals surface area contributed by atoms with Gasteiger partial charge in [0.1, 0.15) is 17.9 Å². The summed E-state index contributed by atoms with van der Waals surface area (Å²) >= 11 is 0. The van der Waals surface area contributed by atoms with E-state index in [0.717, 1.165) is 36.1 Å². The molecule has 1 aliphatic heterocycles. The smallest absolute Gasteiger partial charge is 0.251 e. The van der Waals surface area contributed by atoms with Crippen molar-refractivity contribution in [3.05, 3.63) is 53.6 Å². The maximum atomic E-state index is 14.2. The number of hydroxylamine groups is 2. The van der Waals surface area contributed by atoms with E-state index >= 15 is 0 Å². The van der Waals surface area contributed by atoms with Crippen LogP contribution in [-0.2, 0) is 16.2 Å². The number of rotatable bonds is 14. The molecular weight excluding hydrogens is 632 g/mol. The first-order valence-electron chi connectivity index (χ1n) is 18.4. The van der Waals surface area contributed by atoms with E-state index in [1.807, 2.05) is 56.6 Å². The maximum Gasteiger partial charge on any atom is 0.251 e. The topological polar surface area (TPSA) is 124 Å². The van der Waals surface area contributed by atoms with Crippen molar-refractivity contribution >= 4 is 11.8 Å². The molecule has 6 rings (SSSR count). The summed E-state index contributed by atoms with van der Waals surface area (Å²) in [6.07, 6.45) is 1.40. The number of carbonyl (C=O) groups is 2. The first-order valence-corrected chi connectivity index (χ1v) is 18.4. The third-order valence-corrected chi connectivity index (χ3v) is 11.8. The highest BCUT2D eigenvalue weighted by atomic mass is 16.7. The molecule has 2 bridgehead atoms. The van der Waals surface area contributed by atoms with Gasteiger partial charge in [0, 0.05) is 41.2 Å². The summed E-state index contributed by atoms with van der Waals surface area (Å²) in [6, 6.07) is 12.6. The zero-order valence-corrected chi connectivity index (χ0v) is 31.5. The number of fused-ring (bicyclic) bond motifs is 2. The Morgan fingerprint density at radius 2 is 1.84 bits per heavy atom. The average Bonchev–Trinajstić information content (AvgIpc) is 3.43. The highest BCUT2D eigenvalue weighted by Crippen LogP contribution is 2.61. The first kappa shape index (κ1) is 38.2. The molecule has 276 valence electrons. The largest absolute Gasteiger partial charge is 0.496 e. The number of carbonyl (C=O) groups excluding carboxylic acids is 2. The monoisotopic (exact) mass is 692 g/mol. The van der Waals surface area contributed by atoms with Crippen molar-refractivity contribution in [2.24, 2.45) is 35.0 Å². The number of aliphatic hydroxyl groups excluding tert-OH is 2. The van der Waals surface area contributed by atoms with E-state index in [2.05, 4.69) is 50.2 Å². The molecule has 0 aromatic heterocycles. The number of methoxy groups -OCH3 is 1. The Kier molecular flexibility index (Phi) is 12.0. The van der Waals surface area contributed by atoms with E-state index in [-0.39, 0.29) is 37.0 Å². The second kappa shape index (κ2) is 15.7. The minimum atomic E-state index is -0.885. The van der Waals surface area contributed by atoms with Crippen LogP contribution in [0.5, 0.6) is 5.75 Å². The molecule has 9 atom stereocenters. The molecule has 10 heteroatoms. The van der Waals surface area contributed by atoms with Crippen LogP contribution < -0.4 is 15.4 Å². The van der Waals surface area contributed by atoms with Crippen molar-refractivity contribution in [1.82, 2.24) is 20.6 Å². The highest BCUT2D eigenvalue weighted by Gasteiger charge is 2.57. The van der Waals surface area contributed by atoms with E-state index in [0.29, 0.717) is 40.4 Å². The molecule has 2 aromatic carbocycles. The van der Waals surface area contributed by atoms with E-state index in [4.69, 9.17) is 9.57 Å². The van der Waals surface area contributed by atoms with Gasteiger partial charge in [0.25, 0.3) is 5.91 Å². The minimum absolute atomic E-state index is 0.0247. The fourth-order valence-corrected chi connectivity index (χ4v) is 9.12. The number of nitrogens with zero attached hydrogens (tertiary/aromatic N) is 2. The Morgan fingerprint density at radius 3 is 2.44 bits per heavy atom. The van der Waals surface area contributed by atoms with E-state index in [1.54, 1.807) is 19.1 Å². The average molecular weight is 693 g/mol. The van der Waals surface area contributed by atoms with E-state index in [9.17, 15) is 19.8 Å². The number of hydrogen-bond donors (Lipinski definition) is 4. The molecule has 1 saturated heterocycles. The molecule has 50 heavy (non-hydrogen) atoms. The molecular formula is C40H60N4O6. The van der Waals surface area contributed by atoms with Crippen LogP contribution in [-0.4, -0.2) is 96.7 Å². The molecule has 0 spiro atoms. The van der Waals surface area contributed by atoms with Crippen LogP contribution in [0.1, 0.15) is 76.7 Å². The summed E-state index contributed by atoms with van der Waals surface area (Å²) < 4.78 is 6.00. The predicted octanol–water partition coefficient (Wildman–Crippen LogP) is 4.73. The minimum Gasteiger partial charge on any atom is -0.496 e. The SMILES string of the molecule is COc1c(CN2O[C@@H](CO)[C@@H]([C@H](C)O)[C@H]2C(=O)N[C@H]2C[C@@H]3C[C@H]([C@@H]2C)C3(C)C)cccc1-c1cccc(C(=O)N[C@@H](CC(C)C)CN(C)C)c1.